The molecule has 0 saturated heterocycles. The lowest BCUT2D eigenvalue weighted by Crippen LogP contribution is -2.46. The normalized spacial score (nSPS) is 30.9. The highest BCUT2D eigenvalue weighted by atomic mass is 14.9. The Hall–Kier alpha value is -0.330. The molecule has 1 aliphatic heterocycles. The zero-order valence-corrected chi connectivity index (χ0v) is 5.28. The minimum absolute atomic E-state index is 0.653. The van der Waals surface area contributed by atoms with Crippen molar-refractivity contribution in [2.75, 3.05) is 6.54 Å². The van der Waals surface area contributed by atoms with Crippen LogP contribution in [0, 0.1) is 5.41 Å². The topological polar surface area (TPSA) is 12.4 Å². The number of rotatable bonds is 0. The number of hydrogen-bond acceptors (Lipinski definition) is 1. The molecular formula is C7H11N. The molecule has 0 aromatic rings. The van der Waals surface area contributed by atoms with Crippen LogP contribution < -0.4 is 0 Å². The van der Waals surface area contributed by atoms with Crippen molar-refractivity contribution in [3.05, 3.63) is 0 Å². The van der Waals surface area contributed by atoms with Crippen molar-refractivity contribution in [2.24, 2.45) is 10.4 Å². The molecule has 2 rings (SSSR count). The molecule has 0 aromatic carbocycles. The van der Waals surface area contributed by atoms with Crippen LogP contribution in [0.3, 0.4) is 0 Å². The molecule has 1 spiro atoms. The van der Waals surface area contributed by atoms with Gasteiger partial charge >= 0.3 is 0 Å². The highest BCUT2D eigenvalue weighted by Gasteiger charge is 2.44. The van der Waals surface area contributed by atoms with E-state index in [0.29, 0.717) is 5.41 Å². The van der Waals surface area contributed by atoms with Gasteiger partial charge in [-0.15, -0.1) is 0 Å². The lowest BCUT2D eigenvalue weighted by atomic mass is 9.63. The first-order chi connectivity index (χ1) is 3.83. The summed E-state index contributed by atoms with van der Waals surface area (Å²) in [5.41, 5.74) is 2.07. The van der Waals surface area contributed by atoms with Crippen LogP contribution in [0.25, 0.3) is 0 Å². The summed E-state index contributed by atoms with van der Waals surface area (Å²) in [7, 11) is 0. The maximum atomic E-state index is 4.26. The van der Waals surface area contributed by atoms with Crippen LogP contribution in [0.15, 0.2) is 4.99 Å². The molecule has 0 N–H and O–H groups in total. The van der Waals surface area contributed by atoms with Gasteiger partial charge in [-0.05, 0) is 19.8 Å². The third-order valence-corrected chi connectivity index (χ3v) is 2.70. The highest BCUT2D eigenvalue weighted by molar-refractivity contribution is 5.93. The summed E-state index contributed by atoms with van der Waals surface area (Å²) in [6.07, 6.45) is 4.28. The minimum atomic E-state index is 0.653. The fraction of sp³-hybridized carbons (Fsp3) is 0.857. The molecule has 1 aliphatic carbocycles. The summed E-state index contributed by atoms with van der Waals surface area (Å²) in [6.45, 7) is 3.31. The Morgan fingerprint density at radius 2 is 2.25 bits per heavy atom. The quantitative estimate of drug-likeness (QED) is 0.448. The van der Waals surface area contributed by atoms with Gasteiger partial charge in [0.2, 0.25) is 0 Å². The number of aliphatic imine (C=N–C) groups is 1. The van der Waals surface area contributed by atoms with E-state index in [1.54, 1.807) is 0 Å². The first-order valence-corrected chi connectivity index (χ1v) is 3.35. The summed E-state index contributed by atoms with van der Waals surface area (Å²) in [5, 5.41) is 0. The molecule has 0 amide bonds. The molecule has 0 aromatic heterocycles. The smallest absolute Gasteiger partial charge is 0.0497 e. The summed E-state index contributed by atoms with van der Waals surface area (Å²) in [6, 6.07) is 0. The lowest BCUT2D eigenvalue weighted by Gasteiger charge is -2.46. The van der Waals surface area contributed by atoms with Crippen molar-refractivity contribution in [2.45, 2.75) is 26.2 Å². The van der Waals surface area contributed by atoms with E-state index < -0.39 is 0 Å². The Labute approximate surface area is 49.8 Å². The van der Waals surface area contributed by atoms with Crippen molar-refractivity contribution in [1.82, 2.24) is 0 Å². The van der Waals surface area contributed by atoms with Crippen molar-refractivity contribution in [3.63, 3.8) is 0 Å². The molecular weight excluding hydrogens is 98.1 g/mol. The standard InChI is InChI=1S/C7H11N/c1-6-7(5-8-6)3-2-4-7/h2-5H2,1H3. The SMILES string of the molecule is CC1=NCC12CCC2. The fourth-order valence-electron chi connectivity index (χ4n) is 1.58. The average Bonchev–Trinajstić information content (AvgIpc) is 1.58. The van der Waals surface area contributed by atoms with Crippen LogP contribution >= 0.6 is 0 Å². The summed E-state index contributed by atoms with van der Waals surface area (Å²) in [4.78, 5) is 4.26. The first-order valence-electron chi connectivity index (χ1n) is 3.35. The lowest BCUT2D eigenvalue weighted by molar-refractivity contribution is 0.216. The van der Waals surface area contributed by atoms with Crippen molar-refractivity contribution >= 4 is 5.71 Å². The van der Waals surface area contributed by atoms with Gasteiger partial charge in [0.1, 0.15) is 0 Å². The molecule has 2 aliphatic rings. The molecule has 0 atom stereocenters. The molecule has 8 heavy (non-hydrogen) atoms. The molecule has 44 valence electrons. The van der Waals surface area contributed by atoms with Gasteiger partial charge in [-0.25, -0.2) is 0 Å². The van der Waals surface area contributed by atoms with Gasteiger partial charge in [-0.1, -0.05) is 6.42 Å². The molecule has 1 saturated carbocycles. The Morgan fingerprint density at radius 3 is 2.25 bits per heavy atom. The highest BCUT2D eigenvalue weighted by Crippen LogP contribution is 2.46. The monoisotopic (exact) mass is 109 g/mol. The second-order valence-corrected chi connectivity index (χ2v) is 3.04. The van der Waals surface area contributed by atoms with E-state index in [2.05, 4.69) is 11.9 Å². The Morgan fingerprint density at radius 1 is 1.50 bits per heavy atom. The predicted molar refractivity (Wildman–Crippen MR) is 34.3 cm³/mol. The summed E-state index contributed by atoms with van der Waals surface area (Å²) >= 11 is 0. The Balaban J connectivity index is 2.18. The van der Waals surface area contributed by atoms with E-state index in [1.807, 2.05) is 0 Å². The second-order valence-electron chi connectivity index (χ2n) is 3.04. The predicted octanol–water partition coefficient (Wildman–Crippen LogP) is 1.63. The van der Waals surface area contributed by atoms with Gasteiger partial charge < -0.3 is 0 Å². The maximum Gasteiger partial charge on any atom is 0.0497 e. The Kier molecular flexibility index (Phi) is 0.651. The van der Waals surface area contributed by atoms with Gasteiger partial charge in [0.15, 0.2) is 0 Å². The van der Waals surface area contributed by atoms with E-state index in [1.165, 1.54) is 25.0 Å². The molecule has 0 bridgehead atoms. The van der Waals surface area contributed by atoms with E-state index >= 15 is 0 Å². The van der Waals surface area contributed by atoms with Crippen LogP contribution in [0.4, 0.5) is 0 Å². The van der Waals surface area contributed by atoms with Gasteiger partial charge in [-0.2, -0.15) is 0 Å². The van der Waals surface area contributed by atoms with E-state index in [0.717, 1.165) is 6.54 Å². The van der Waals surface area contributed by atoms with Crippen LogP contribution in [-0.4, -0.2) is 12.3 Å². The van der Waals surface area contributed by atoms with Crippen molar-refractivity contribution in [3.8, 4) is 0 Å². The first kappa shape index (κ1) is 4.54. The van der Waals surface area contributed by atoms with Crippen molar-refractivity contribution < 1.29 is 0 Å². The third kappa shape index (κ3) is 0.320. The third-order valence-electron chi connectivity index (χ3n) is 2.70. The number of hydrogen-bond donors (Lipinski definition) is 0. The molecule has 1 nitrogen and oxygen atoms in total. The van der Waals surface area contributed by atoms with Gasteiger partial charge in [-0.3, -0.25) is 4.99 Å². The second kappa shape index (κ2) is 1.15. The van der Waals surface area contributed by atoms with Gasteiger partial charge in [0, 0.05) is 17.7 Å². The summed E-state index contributed by atoms with van der Waals surface area (Å²) in [5.74, 6) is 0. The van der Waals surface area contributed by atoms with Gasteiger partial charge in [0.25, 0.3) is 0 Å². The fourth-order valence-corrected chi connectivity index (χ4v) is 1.58. The molecule has 1 heteroatoms. The van der Waals surface area contributed by atoms with Crippen LogP contribution in [0.2, 0.25) is 0 Å². The average molecular weight is 109 g/mol. The Bertz CT molecular complexity index is 142. The largest absolute Gasteiger partial charge is 0.293 e. The van der Waals surface area contributed by atoms with E-state index in [4.69, 9.17) is 0 Å². The molecule has 1 fully saturated rings. The van der Waals surface area contributed by atoms with Gasteiger partial charge in [0.05, 0.1) is 0 Å². The minimum Gasteiger partial charge on any atom is -0.293 e. The molecule has 0 unspecified atom stereocenters. The molecule has 1 heterocycles. The van der Waals surface area contributed by atoms with Crippen LogP contribution in [-0.2, 0) is 0 Å². The van der Waals surface area contributed by atoms with E-state index in [9.17, 15) is 0 Å². The zero-order valence-electron chi connectivity index (χ0n) is 5.28. The summed E-state index contributed by atoms with van der Waals surface area (Å²) < 4.78 is 0. The van der Waals surface area contributed by atoms with E-state index in [-0.39, 0.29) is 0 Å². The van der Waals surface area contributed by atoms with Crippen LogP contribution in [0.1, 0.15) is 26.2 Å². The maximum absolute atomic E-state index is 4.26. The number of nitrogens with zero attached hydrogens (tertiary/aromatic N) is 1. The zero-order chi connectivity index (χ0) is 5.61. The van der Waals surface area contributed by atoms with Crippen LogP contribution in [0.5, 0.6) is 0 Å². The molecule has 0 radical (unpaired) electrons. The van der Waals surface area contributed by atoms with Crippen molar-refractivity contribution in [1.29, 1.82) is 0 Å².